The zero-order valence-corrected chi connectivity index (χ0v) is 18.8. The predicted molar refractivity (Wildman–Crippen MR) is 128 cm³/mol. The fraction of sp³-hybridized carbons (Fsp3) is 0.0870. The molecule has 2 aromatic carbocycles. The second kappa shape index (κ2) is 8.47. The highest BCUT2D eigenvalue weighted by Gasteiger charge is 2.32. The molecule has 3 heterocycles. The normalized spacial score (nSPS) is 15.8. The van der Waals surface area contributed by atoms with E-state index in [0.29, 0.717) is 27.4 Å². The van der Waals surface area contributed by atoms with Crippen LogP contribution in [-0.2, 0) is 0 Å². The van der Waals surface area contributed by atoms with Crippen LogP contribution in [0.1, 0.15) is 17.0 Å². The zero-order chi connectivity index (χ0) is 22.2. The molecular weight excluding hydrogens is 469 g/mol. The molecule has 1 aliphatic heterocycles. The molecule has 1 N–H and O–H groups in total. The minimum Gasteiger partial charge on any atom is -0.306 e. The lowest BCUT2D eigenvalue weighted by atomic mass is 9.91. The number of fused-ring (bicyclic) bond motifs is 1. The highest BCUT2D eigenvalue weighted by Crippen LogP contribution is 2.30. The molecule has 9 heteroatoms. The van der Waals surface area contributed by atoms with Crippen molar-refractivity contribution in [1.29, 1.82) is 0 Å². The van der Waals surface area contributed by atoms with Gasteiger partial charge in [-0.2, -0.15) is 5.10 Å². The van der Waals surface area contributed by atoms with E-state index in [1.165, 1.54) is 5.01 Å². The first-order valence-electron chi connectivity index (χ1n) is 9.79. The van der Waals surface area contributed by atoms with E-state index in [9.17, 15) is 4.79 Å². The van der Waals surface area contributed by atoms with Crippen molar-refractivity contribution in [1.82, 2.24) is 14.4 Å². The number of rotatable bonds is 3. The van der Waals surface area contributed by atoms with Gasteiger partial charge >= 0.3 is 6.03 Å². The van der Waals surface area contributed by atoms with Crippen LogP contribution in [0.2, 0.25) is 15.2 Å². The van der Waals surface area contributed by atoms with Crippen LogP contribution in [0.15, 0.2) is 78.2 Å². The summed E-state index contributed by atoms with van der Waals surface area (Å²) >= 11 is 18.3. The second-order valence-electron chi connectivity index (χ2n) is 7.34. The highest BCUT2D eigenvalue weighted by molar-refractivity contribution is 6.31. The SMILES string of the molecule is O=C(Nc1ccc(Cl)cc1)N1CC(c2ccc3ncc(Cl)n3c2)C(c2ccc(Cl)cc2)=N1. The van der Waals surface area contributed by atoms with Crippen molar-refractivity contribution in [3.05, 3.63) is 99.4 Å². The molecule has 2 aromatic heterocycles. The molecule has 4 aromatic rings. The van der Waals surface area contributed by atoms with Gasteiger partial charge in [0, 0.05) is 27.8 Å². The molecule has 0 bridgehead atoms. The van der Waals surface area contributed by atoms with Crippen molar-refractivity contribution in [3.63, 3.8) is 0 Å². The third kappa shape index (κ3) is 4.05. The molecule has 0 saturated carbocycles. The number of imidazole rings is 1. The summed E-state index contributed by atoms with van der Waals surface area (Å²) in [5.74, 6) is -0.157. The van der Waals surface area contributed by atoms with Gasteiger partial charge in [0.1, 0.15) is 10.8 Å². The zero-order valence-electron chi connectivity index (χ0n) is 16.5. The maximum absolute atomic E-state index is 13.0. The van der Waals surface area contributed by atoms with Crippen LogP contribution in [0, 0.1) is 0 Å². The van der Waals surface area contributed by atoms with Gasteiger partial charge in [-0.3, -0.25) is 4.40 Å². The summed E-state index contributed by atoms with van der Waals surface area (Å²) in [5, 5.41) is 10.7. The second-order valence-corrected chi connectivity index (χ2v) is 8.60. The van der Waals surface area contributed by atoms with Gasteiger partial charge in [-0.25, -0.2) is 14.8 Å². The first-order chi connectivity index (χ1) is 15.5. The molecule has 0 fully saturated rings. The fourth-order valence-corrected chi connectivity index (χ4v) is 4.10. The van der Waals surface area contributed by atoms with E-state index in [0.717, 1.165) is 22.5 Å². The minimum atomic E-state index is -0.331. The van der Waals surface area contributed by atoms with E-state index >= 15 is 0 Å². The number of pyridine rings is 1. The largest absolute Gasteiger partial charge is 0.342 e. The van der Waals surface area contributed by atoms with Crippen LogP contribution < -0.4 is 5.32 Å². The van der Waals surface area contributed by atoms with Crippen LogP contribution in [0.3, 0.4) is 0 Å². The summed E-state index contributed by atoms with van der Waals surface area (Å²) in [6.45, 7) is 0.370. The van der Waals surface area contributed by atoms with Gasteiger partial charge in [-0.1, -0.05) is 53.0 Å². The van der Waals surface area contributed by atoms with E-state index < -0.39 is 0 Å². The monoisotopic (exact) mass is 483 g/mol. The van der Waals surface area contributed by atoms with Crippen molar-refractivity contribution in [2.45, 2.75) is 5.92 Å². The van der Waals surface area contributed by atoms with Gasteiger partial charge in [0.25, 0.3) is 0 Å². The lowest BCUT2D eigenvalue weighted by Gasteiger charge is -2.16. The third-order valence-corrected chi connectivity index (χ3v) is 6.05. The molecule has 5 rings (SSSR count). The molecule has 6 nitrogen and oxygen atoms in total. The van der Waals surface area contributed by atoms with Crippen molar-refractivity contribution < 1.29 is 4.79 Å². The topological polar surface area (TPSA) is 62.0 Å². The van der Waals surface area contributed by atoms with Crippen LogP contribution in [0.5, 0.6) is 0 Å². The Morgan fingerprint density at radius 1 is 0.938 bits per heavy atom. The number of hydrogen-bond acceptors (Lipinski definition) is 3. The molecule has 32 heavy (non-hydrogen) atoms. The molecule has 0 radical (unpaired) electrons. The number of nitrogens with one attached hydrogen (secondary N) is 1. The molecule has 1 atom stereocenters. The Morgan fingerprint density at radius 3 is 2.34 bits per heavy atom. The Morgan fingerprint density at radius 2 is 1.62 bits per heavy atom. The van der Waals surface area contributed by atoms with Gasteiger partial charge in [0.15, 0.2) is 0 Å². The molecular formula is C23H16Cl3N5O. The van der Waals surface area contributed by atoms with Gasteiger partial charge < -0.3 is 5.32 Å². The van der Waals surface area contributed by atoms with E-state index in [2.05, 4.69) is 15.4 Å². The number of halogens is 3. The van der Waals surface area contributed by atoms with E-state index in [1.54, 1.807) is 30.5 Å². The van der Waals surface area contributed by atoms with Crippen LogP contribution in [-0.4, -0.2) is 32.7 Å². The third-order valence-electron chi connectivity index (χ3n) is 5.27. The standard InChI is InChI=1S/C23H16Cl3N5O/c24-16-4-1-14(2-5-16)22-19(15-3-10-21-27-11-20(26)30(21)12-15)13-31(29-22)23(32)28-18-8-6-17(25)7-9-18/h1-12,19H,13H2,(H,28,32). The number of amides is 2. The molecule has 160 valence electrons. The summed E-state index contributed by atoms with van der Waals surface area (Å²) in [7, 11) is 0. The highest BCUT2D eigenvalue weighted by atomic mass is 35.5. The lowest BCUT2D eigenvalue weighted by molar-refractivity contribution is 0.218. The van der Waals surface area contributed by atoms with Crippen LogP contribution in [0.25, 0.3) is 5.65 Å². The number of benzene rings is 2. The average molecular weight is 485 g/mol. The quantitative estimate of drug-likeness (QED) is 0.369. The maximum atomic E-state index is 13.0. The Kier molecular flexibility index (Phi) is 5.51. The van der Waals surface area contributed by atoms with Crippen molar-refractivity contribution >= 4 is 57.9 Å². The molecule has 0 aliphatic carbocycles. The summed E-state index contributed by atoms with van der Waals surface area (Å²) in [5.41, 5.74) is 4.01. The van der Waals surface area contributed by atoms with Gasteiger partial charge in [0.2, 0.25) is 0 Å². The van der Waals surface area contributed by atoms with Gasteiger partial charge in [0.05, 0.1) is 18.5 Å². The number of aromatic nitrogens is 2. The number of carbonyl (C=O) groups excluding carboxylic acids is 1. The molecule has 1 aliphatic rings. The summed E-state index contributed by atoms with van der Waals surface area (Å²) in [6.07, 6.45) is 3.54. The number of urea groups is 1. The fourth-order valence-electron chi connectivity index (χ4n) is 3.67. The molecule has 0 spiro atoms. The van der Waals surface area contributed by atoms with E-state index in [4.69, 9.17) is 34.8 Å². The summed E-state index contributed by atoms with van der Waals surface area (Å²) in [6, 6.07) is 17.9. The maximum Gasteiger partial charge on any atom is 0.342 e. The van der Waals surface area contributed by atoms with Crippen molar-refractivity contribution in [3.8, 4) is 0 Å². The van der Waals surface area contributed by atoms with E-state index in [-0.39, 0.29) is 11.9 Å². The van der Waals surface area contributed by atoms with E-state index in [1.807, 2.05) is 47.0 Å². The van der Waals surface area contributed by atoms with Crippen molar-refractivity contribution in [2.75, 3.05) is 11.9 Å². The first-order valence-corrected chi connectivity index (χ1v) is 10.9. The number of nitrogens with zero attached hydrogens (tertiary/aromatic N) is 4. The summed E-state index contributed by atoms with van der Waals surface area (Å²) < 4.78 is 1.81. The lowest BCUT2D eigenvalue weighted by Crippen LogP contribution is -2.30. The Bertz CT molecular complexity index is 1330. The Hall–Kier alpha value is -3.06. The summed E-state index contributed by atoms with van der Waals surface area (Å²) in [4.78, 5) is 17.2. The molecule has 0 saturated heterocycles. The Labute approximate surface area is 199 Å². The molecule has 2 amide bonds. The smallest absolute Gasteiger partial charge is 0.306 e. The average Bonchev–Trinajstić information content (AvgIpc) is 3.40. The van der Waals surface area contributed by atoms with Crippen molar-refractivity contribution in [2.24, 2.45) is 5.10 Å². The number of hydrogen-bond donors (Lipinski definition) is 1. The molecule has 1 unspecified atom stereocenters. The Balaban J connectivity index is 1.49. The number of anilines is 1. The van der Waals surface area contributed by atoms with Gasteiger partial charge in [-0.05, 0) is 53.6 Å². The predicted octanol–water partition coefficient (Wildman–Crippen LogP) is 6.33. The number of hydrazone groups is 1. The van der Waals surface area contributed by atoms with Crippen LogP contribution in [0.4, 0.5) is 10.5 Å². The van der Waals surface area contributed by atoms with Crippen LogP contribution >= 0.6 is 34.8 Å². The number of carbonyl (C=O) groups is 1. The first kappa shape index (κ1) is 20.8. The minimum absolute atomic E-state index is 0.157. The van der Waals surface area contributed by atoms with Gasteiger partial charge in [-0.15, -0.1) is 0 Å².